The molecular weight excluding hydrogens is 436 g/mol. The van der Waals surface area contributed by atoms with E-state index in [1.54, 1.807) is 24.5 Å². The quantitative estimate of drug-likeness (QED) is 0.162. The molecule has 2 aromatic carbocycles. The van der Waals surface area contributed by atoms with Crippen LogP contribution in [0.15, 0.2) is 71.2 Å². The van der Waals surface area contributed by atoms with E-state index >= 15 is 0 Å². The first-order valence-electron chi connectivity index (χ1n) is 9.11. The van der Waals surface area contributed by atoms with Crippen molar-refractivity contribution in [3.63, 3.8) is 0 Å². The predicted octanol–water partition coefficient (Wildman–Crippen LogP) is 4.89. The number of nitro groups is 1. The molecule has 2 heterocycles. The first-order chi connectivity index (χ1) is 15.1. The van der Waals surface area contributed by atoms with Crippen LogP contribution in [0, 0.1) is 10.1 Å². The first kappa shape index (κ1) is 20.8. The van der Waals surface area contributed by atoms with Crippen LogP contribution in [-0.2, 0) is 0 Å². The summed E-state index contributed by atoms with van der Waals surface area (Å²) >= 11 is 2.77. The van der Waals surface area contributed by atoms with Gasteiger partial charge in [-0.2, -0.15) is 0 Å². The number of Topliss-reactive ketones (excluding diaryl/α,β-unsaturated/α-hetero) is 1. The number of hydrogen-bond donors (Lipinski definition) is 0. The van der Waals surface area contributed by atoms with Crippen molar-refractivity contribution in [2.45, 2.75) is 5.16 Å². The molecule has 0 aliphatic heterocycles. The number of non-ortho nitro benzene ring substituents is 1. The lowest BCUT2D eigenvalue weighted by Gasteiger charge is -2.10. The Hall–Kier alpha value is -3.50. The molecule has 0 amide bonds. The number of methoxy groups -OCH3 is 1. The molecule has 0 unspecified atom stereocenters. The molecule has 4 rings (SSSR count). The van der Waals surface area contributed by atoms with Gasteiger partial charge in [-0.15, -0.1) is 21.5 Å². The normalized spacial score (nSPS) is 10.7. The Balaban J connectivity index is 1.63. The molecule has 0 bridgehead atoms. The zero-order valence-corrected chi connectivity index (χ0v) is 17.9. The van der Waals surface area contributed by atoms with Crippen LogP contribution in [-0.4, -0.2) is 38.3 Å². The third-order valence-electron chi connectivity index (χ3n) is 4.42. The lowest BCUT2D eigenvalue weighted by Crippen LogP contribution is -2.05. The van der Waals surface area contributed by atoms with Crippen molar-refractivity contribution in [3.05, 3.63) is 81.7 Å². The van der Waals surface area contributed by atoms with Crippen molar-refractivity contribution in [3.8, 4) is 22.1 Å². The summed E-state index contributed by atoms with van der Waals surface area (Å²) in [5.74, 6) is 1.24. The SMILES string of the molecule is COc1ccc(-n2c(SCC(=O)c3cccc([N+](=O)[O-])c3)nnc2-c2cccs2)cc1. The second-order valence-corrected chi connectivity index (χ2v) is 8.23. The summed E-state index contributed by atoms with van der Waals surface area (Å²) in [4.78, 5) is 24.0. The molecule has 10 heteroatoms. The molecule has 0 saturated carbocycles. The Bertz CT molecular complexity index is 1220. The van der Waals surface area contributed by atoms with Crippen molar-refractivity contribution in [1.29, 1.82) is 0 Å². The maximum absolute atomic E-state index is 12.6. The molecule has 0 spiro atoms. The van der Waals surface area contributed by atoms with Crippen LogP contribution in [0.3, 0.4) is 0 Å². The van der Waals surface area contributed by atoms with Crippen molar-refractivity contribution in [1.82, 2.24) is 14.8 Å². The Labute approximate surface area is 185 Å². The van der Waals surface area contributed by atoms with E-state index in [0.29, 0.717) is 11.0 Å². The van der Waals surface area contributed by atoms with E-state index in [9.17, 15) is 14.9 Å². The maximum atomic E-state index is 12.6. The van der Waals surface area contributed by atoms with Gasteiger partial charge >= 0.3 is 0 Å². The van der Waals surface area contributed by atoms with E-state index in [1.807, 2.05) is 46.3 Å². The fourth-order valence-corrected chi connectivity index (χ4v) is 4.44. The minimum Gasteiger partial charge on any atom is -0.497 e. The number of nitro benzene ring substituents is 1. The Morgan fingerprint density at radius 2 is 1.97 bits per heavy atom. The predicted molar refractivity (Wildman–Crippen MR) is 119 cm³/mol. The van der Waals surface area contributed by atoms with E-state index in [-0.39, 0.29) is 22.8 Å². The fourth-order valence-electron chi connectivity index (χ4n) is 2.90. The van der Waals surface area contributed by atoms with Gasteiger partial charge in [0.05, 0.1) is 28.4 Å². The Morgan fingerprint density at radius 3 is 2.65 bits per heavy atom. The van der Waals surface area contributed by atoms with Crippen LogP contribution in [0.1, 0.15) is 10.4 Å². The molecule has 0 aliphatic rings. The molecular formula is C21H16N4O4S2. The number of nitrogens with zero attached hydrogens (tertiary/aromatic N) is 4. The van der Waals surface area contributed by atoms with Gasteiger partial charge in [-0.1, -0.05) is 30.0 Å². The average molecular weight is 453 g/mol. The summed E-state index contributed by atoms with van der Waals surface area (Å²) in [5, 5.41) is 22.1. The minimum atomic E-state index is -0.516. The summed E-state index contributed by atoms with van der Waals surface area (Å²) in [6.07, 6.45) is 0. The maximum Gasteiger partial charge on any atom is 0.270 e. The second-order valence-electron chi connectivity index (χ2n) is 6.34. The lowest BCUT2D eigenvalue weighted by molar-refractivity contribution is -0.384. The summed E-state index contributed by atoms with van der Waals surface area (Å²) in [6, 6.07) is 17.1. The van der Waals surface area contributed by atoms with Gasteiger partial charge in [0, 0.05) is 17.7 Å². The molecule has 8 nitrogen and oxygen atoms in total. The number of thioether (sulfide) groups is 1. The van der Waals surface area contributed by atoms with Gasteiger partial charge < -0.3 is 4.74 Å². The summed E-state index contributed by atoms with van der Waals surface area (Å²) in [6.45, 7) is 0. The highest BCUT2D eigenvalue weighted by molar-refractivity contribution is 7.99. The van der Waals surface area contributed by atoms with Gasteiger partial charge in [0.2, 0.25) is 0 Å². The molecule has 0 saturated heterocycles. The molecule has 2 aromatic heterocycles. The average Bonchev–Trinajstić information content (AvgIpc) is 3.47. The smallest absolute Gasteiger partial charge is 0.270 e. The van der Waals surface area contributed by atoms with Gasteiger partial charge in [-0.25, -0.2) is 0 Å². The van der Waals surface area contributed by atoms with Gasteiger partial charge in [0.25, 0.3) is 5.69 Å². The molecule has 0 N–H and O–H groups in total. The number of benzene rings is 2. The minimum absolute atomic E-state index is 0.0693. The van der Waals surface area contributed by atoms with Crippen molar-refractivity contribution >= 4 is 34.6 Å². The zero-order valence-electron chi connectivity index (χ0n) is 16.3. The van der Waals surface area contributed by atoms with E-state index in [1.165, 1.54) is 30.0 Å². The lowest BCUT2D eigenvalue weighted by atomic mass is 10.1. The van der Waals surface area contributed by atoms with Crippen molar-refractivity contribution in [2.24, 2.45) is 0 Å². The van der Waals surface area contributed by atoms with Crippen LogP contribution in [0.4, 0.5) is 5.69 Å². The van der Waals surface area contributed by atoms with Gasteiger partial charge in [-0.05, 0) is 35.7 Å². The fraction of sp³-hybridized carbons (Fsp3) is 0.0952. The topological polar surface area (TPSA) is 100 Å². The van der Waals surface area contributed by atoms with Crippen molar-refractivity contribution in [2.75, 3.05) is 12.9 Å². The Morgan fingerprint density at radius 1 is 1.16 bits per heavy atom. The molecule has 4 aromatic rings. The number of carbonyl (C=O) groups is 1. The number of thiophene rings is 1. The molecule has 156 valence electrons. The van der Waals surface area contributed by atoms with Crippen molar-refractivity contribution < 1.29 is 14.5 Å². The number of hydrogen-bond acceptors (Lipinski definition) is 8. The highest BCUT2D eigenvalue weighted by atomic mass is 32.2. The first-order valence-corrected chi connectivity index (χ1v) is 11.0. The highest BCUT2D eigenvalue weighted by Gasteiger charge is 2.19. The van der Waals surface area contributed by atoms with Crippen LogP contribution < -0.4 is 4.74 Å². The molecule has 0 radical (unpaired) electrons. The molecule has 0 atom stereocenters. The van der Waals surface area contributed by atoms with E-state index in [0.717, 1.165) is 16.3 Å². The van der Waals surface area contributed by atoms with Crippen LogP contribution in [0.25, 0.3) is 16.4 Å². The van der Waals surface area contributed by atoms with Crippen LogP contribution in [0.5, 0.6) is 5.75 Å². The standard InChI is InChI=1S/C21H16N4O4S2/c1-29-17-9-7-15(8-10-17)24-20(19-6-3-11-30-19)22-23-21(24)31-13-18(26)14-4-2-5-16(12-14)25(27)28/h2-12H,13H2,1H3. The third-order valence-corrected chi connectivity index (χ3v) is 6.21. The third kappa shape index (κ3) is 4.49. The van der Waals surface area contributed by atoms with Gasteiger partial charge in [0.15, 0.2) is 16.8 Å². The number of aromatic nitrogens is 3. The molecule has 0 aliphatic carbocycles. The highest BCUT2D eigenvalue weighted by Crippen LogP contribution is 2.31. The second kappa shape index (κ2) is 9.11. The number of carbonyl (C=O) groups excluding carboxylic acids is 1. The van der Waals surface area contributed by atoms with E-state index < -0.39 is 4.92 Å². The van der Waals surface area contributed by atoms with Gasteiger partial charge in [-0.3, -0.25) is 19.5 Å². The van der Waals surface area contributed by atoms with Crippen LogP contribution >= 0.6 is 23.1 Å². The molecule has 31 heavy (non-hydrogen) atoms. The largest absolute Gasteiger partial charge is 0.497 e. The van der Waals surface area contributed by atoms with Crippen LogP contribution in [0.2, 0.25) is 0 Å². The Kier molecular flexibility index (Phi) is 6.10. The summed E-state index contributed by atoms with van der Waals surface area (Å²) < 4.78 is 7.12. The van der Waals surface area contributed by atoms with E-state index in [4.69, 9.17) is 4.74 Å². The van der Waals surface area contributed by atoms with Gasteiger partial charge in [0.1, 0.15) is 5.75 Å². The summed E-state index contributed by atoms with van der Waals surface area (Å²) in [7, 11) is 1.60. The van der Waals surface area contributed by atoms with E-state index in [2.05, 4.69) is 10.2 Å². The summed E-state index contributed by atoms with van der Waals surface area (Å²) in [5.41, 5.74) is 1.01. The number of ether oxygens (including phenoxy) is 1. The monoisotopic (exact) mass is 452 g/mol. The molecule has 0 fully saturated rings. The number of rotatable bonds is 8. The number of ketones is 1. The zero-order chi connectivity index (χ0) is 21.8.